The van der Waals surface area contributed by atoms with Gasteiger partial charge in [0.15, 0.2) is 11.6 Å². The molecule has 20 heavy (non-hydrogen) atoms. The molecule has 0 bridgehead atoms. The van der Waals surface area contributed by atoms with E-state index >= 15 is 0 Å². The predicted octanol–water partition coefficient (Wildman–Crippen LogP) is 4.92. The molecule has 0 fully saturated rings. The summed E-state index contributed by atoms with van der Waals surface area (Å²) in [4.78, 5) is 0. The number of rotatable bonds is 4. The molecular formula is C16H17FINO. The first kappa shape index (κ1) is 15.1. The third kappa shape index (κ3) is 3.42. The Bertz CT molecular complexity index is 615. The van der Waals surface area contributed by atoms with Crippen molar-refractivity contribution in [1.29, 1.82) is 0 Å². The molecule has 1 unspecified atom stereocenters. The molecule has 106 valence electrons. The Labute approximate surface area is 132 Å². The highest BCUT2D eigenvalue weighted by Gasteiger charge is 2.10. The molecule has 2 aromatic carbocycles. The van der Waals surface area contributed by atoms with E-state index in [1.165, 1.54) is 22.3 Å². The van der Waals surface area contributed by atoms with Gasteiger partial charge in [0, 0.05) is 15.3 Å². The topological polar surface area (TPSA) is 21.3 Å². The van der Waals surface area contributed by atoms with Crippen LogP contribution in [0.3, 0.4) is 0 Å². The highest BCUT2D eigenvalue weighted by atomic mass is 127. The van der Waals surface area contributed by atoms with Gasteiger partial charge in [-0.2, -0.15) is 0 Å². The summed E-state index contributed by atoms with van der Waals surface area (Å²) in [7, 11) is 1.47. The average Bonchev–Trinajstić information content (AvgIpc) is 2.43. The summed E-state index contributed by atoms with van der Waals surface area (Å²) in [5.41, 5.74) is 3.29. The van der Waals surface area contributed by atoms with E-state index in [4.69, 9.17) is 4.74 Å². The van der Waals surface area contributed by atoms with Crippen LogP contribution in [-0.4, -0.2) is 7.11 Å². The van der Waals surface area contributed by atoms with Gasteiger partial charge < -0.3 is 10.1 Å². The molecule has 2 rings (SSSR count). The highest BCUT2D eigenvalue weighted by molar-refractivity contribution is 14.1. The number of aryl methyl sites for hydroxylation is 1. The van der Waals surface area contributed by atoms with Gasteiger partial charge >= 0.3 is 0 Å². The van der Waals surface area contributed by atoms with Gasteiger partial charge in [0.1, 0.15) is 0 Å². The van der Waals surface area contributed by atoms with Crippen molar-refractivity contribution in [2.24, 2.45) is 0 Å². The summed E-state index contributed by atoms with van der Waals surface area (Å²) in [6.45, 7) is 4.12. The number of nitrogens with one attached hydrogen (secondary N) is 1. The molecule has 0 aliphatic rings. The molecule has 0 radical (unpaired) electrons. The lowest BCUT2D eigenvalue weighted by Crippen LogP contribution is -2.07. The van der Waals surface area contributed by atoms with E-state index in [0.717, 1.165) is 11.3 Å². The molecule has 1 atom stereocenters. The van der Waals surface area contributed by atoms with Crippen LogP contribution in [-0.2, 0) is 0 Å². The van der Waals surface area contributed by atoms with Crippen LogP contribution in [0.5, 0.6) is 5.75 Å². The first-order chi connectivity index (χ1) is 9.51. The summed E-state index contributed by atoms with van der Waals surface area (Å²) >= 11 is 2.32. The summed E-state index contributed by atoms with van der Waals surface area (Å²) in [5, 5.41) is 3.41. The van der Waals surface area contributed by atoms with Gasteiger partial charge in [-0.1, -0.05) is 12.1 Å². The lowest BCUT2D eigenvalue weighted by molar-refractivity contribution is 0.385. The number of anilines is 1. The number of methoxy groups -OCH3 is 1. The van der Waals surface area contributed by atoms with Gasteiger partial charge in [-0.05, 0) is 71.8 Å². The maximum absolute atomic E-state index is 13.4. The van der Waals surface area contributed by atoms with Crippen LogP contribution in [0, 0.1) is 16.3 Å². The zero-order valence-electron chi connectivity index (χ0n) is 11.7. The van der Waals surface area contributed by atoms with Gasteiger partial charge in [-0.3, -0.25) is 0 Å². The molecule has 0 aliphatic heterocycles. The van der Waals surface area contributed by atoms with E-state index in [0.29, 0.717) is 0 Å². The monoisotopic (exact) mass is 385 g/mol. The van der Waals surface area contributed by atoms with Gasteiger partial charge in [-0.25, -0.2) is 4.39 Å². The van der Waals surface area contributed by atoms with E-state index in [1.807, 2.05) is 6.92 Å². The molecule has 2 nitrogen and oxygen atoms in total. The van der Waals surface area contributed by atoms with Crippen molar-refractivity contribution < 1.29 is 9.13 Å². The second-order valence-corrected chi connectivity index (χ2v) is 5.89. The van der Waals surface area contributed by atoms with Crippen LogP contribution in [0.15, 0.2) is 36.4 Å². The zero-order valence-corrected chi connectivity index (χ0v) is 13.9. The van der Waals surface area contributed by atoms with E-state index in [2.05, 4.69) is 53.0 Å². The fraction of sp³-hybridized carbons (Fsp3) is 0.250. The molecular weight excluding hydrogens is 368 g/mol. The Kier molecular flexibility index (Phi) is 4.86. The average molecular weight is 385 g/mol. The molecule has 0 aromatic heterocycles. The van der Waals surface area contributed by atoms with Crippen LogP contribution in [0.2, 0.25) is 0 Å². The van der Waals surface area contributed by atoms with Crippen molar-refractivity contribution in [2.75, 3.05) is 12.4 Å². The smallest absolute Gasteiger partial charge is 0.165 e. The molecule has 1 N–H and O–H groups in total. The second kappa shape index (κ2) is 6.43. The zero-order chi connectivity index (χ0) is 14.7. The van der Waals surface area contributed by atoms with Crippen molar-refractivity contribution in [3.8, 4) is 5.75 Å². The second-order valence-electron chi connectivity index (χ2n) is 4.72. The standard InChI is InChI=1S/C16H17FINO/c1-10-4-6-13(9-15(10)18)19-11(2)12-5-7-14(17)16(8-12)20-3/h4-9,11,19H,1-3H3. The van der Waals surface area contributed by atoms with Crippen molar-refractivity contribution in [1.82, 2.24) is 0 Å². The van der Waals surface area contributed by atoms with Crippen molar-refractivity contribution in [3.63, 3.8) is 0 Å². The Morgan fingerprint density at radius 1 is 1.20 bits per heavy atom. The molecule has 0 saturated heterocycles. The largest absolute Gasteiger partial charge is 0.494 e. The van der Waals surface area contributed by atoms with Gasteiger partial charge in [0.2, 0.25) is 0 Å². The predicted molar refractivity (Wildman–Crippen MR) is 88.9 cm³/mol. The van der Waals surface area contributed by atoms with Crippen LogP contribution in [0.25, 0.3) is 0 Å². The van der Waals surface area contributed by atoms with Crippen LogP contribution < -0.4 is 10.1 Å². The third-order valence-electron chi connectivity index (χ3n) is 3.23. The van der Waals surface area contributed by atoms with E-state index in [1.54, 1.807) is 12.1 Å². The maximum atomic E-state index is 13.4. The number of hydrogen-bond donors (Lipinski definition) is 1. The maximum Gasteiger partial charge on any atom is 0.165 e. The Morgan fingerprint density at radius 3 is 2.60 bits per heavy atom. The summed E-state index contributed by atoms with van der Waals surface area (Å²) in [6.07, 6.45) is 0. The van der Waals surface area contributed by atoms with Crippen molar-refractivity contribution >= 4 is 28.3 Å². The lowest BCUT2D eigenvalue weighted by Gasteiger charge is -2.17. The lowest BCUT2D eigenvalue weighted by atomic mass is 10.1. The van der Waals surface area contributed by atoms with Crippen LogP contribution in [0.4, 0.5) is 10.1 Å². The molecule has 0 heterocycles. The van der Waals surface area contributed by atoms with Crippen molar-refractivity contribution in [2.45, 2.75) is 19.9 Å². The van der Waals surface area contributed by atoms with Gasteiger partial charge in [0.25, 0.3) is 0 Å². The van der Waals surface area contributed by atoms with E-state index in [-0.39, 0.29) is 17.6 Å². The molecule has 0 aliphatic carbocycles. The SMILES string of the molecule is COc1cc(C(C)Nc2ccc(C)c(I)c2)ccc1F. The number of halogens is 2. The minimum absolute atomic E-state index is 0.0722. The first-order valence-electron chi connectivity index (χ1n) is 6.37. The molecule has 0 spiro atoms. The molecule has 0 saturated carbocycles. The Morgan fingerprint density at radius 2 is 1.95 bits per heavy atom. The van der Waals surface area contributed by atoms with Crippen LogP contribution >= 0.6 is 22.6 Å². The number of ether oxygens (including phenoxy) is 1. The summed E-state index contributed by atoms with van der Waals surface area (Å²) in [6, 6.07) is 11.2. The third-order valence-corrected chi connectivity index (χ3v) is 4.39. The molecule has 2 aromatic rings. The summed E-state index contributed by atoms with van der Waals surface area (Å²) in [5.74, 6) is -0.0667. The van der Waals surface area contributed by atoms with Gasteiger partial charge in [0.05, 0.1) is 7.11 Å². The van der Waals surface area contributed by atoms with Gasteiger partial charge in [-0.15, -0.1) is 0 Å². The quantitative estimate of drug-likeness (QED) is 0.755. The first-order valence-corrected chi connectivity index (χ1v) is 7.45. The van der Waals surface area contributed by atoms with Crippen LogP contribution in [0.1, 0.15) is 24.1 Å². The Hall–Kier alpha value is -1.30. The Balaban J connectivity index is 2.19. The number of benzene rings is 2. The summed E-state index contributed by atoms with van der Waals surface area (Å²) < 4.78 is 19.6. The highest BCUT2D eigenvalue weighted by Crippen LogP contribution is 2.26. The number of hydrogen-bond acceptors (Lipinski definition) is 2. The van der Waals surface area contributed by atoms with E-state index in [9.17, 15) is 4.39 Å². The fourth-order valence-electron chi connectivity index (χ4n) is 1.96. The minimum Gasteiger partial charge on any atom is -0.494 e. The fourth-order valence-corrected chi connectivity index (χ4v) is 2.48. The minimum atomic E-state index is -0.340. The molecule has 4 heteroatoms. The normalized spacial score (nSPS) is 12.1. The molecule has 0 amide bonds. The van der Waals surface area contributed by atoms with Crippen molar-refractivity contribution in [3.05, 3.63) is 56.9 Å². The van der Waals surface area contributed by atoms with E-state index < -0.39 is 0 Å².